The Bertz CT molecular complexity index is 1430. The van der Waals surface area contributed by atoms with Crippen molar-refractivity contribution < 1.29 is 18.0 Å². The van der Waals surface area contributed by atoms with Gasteiger partial charge in [-0.25, -0.2) is 0 Å². The van der Waals surface area contributed by atoms with Gasteiger partial charge in [-0.15, -0.1) is 0 Å². The average Bonchev–Trinajstić information content (AvgIpc) is 3.77. The zero-order valence-corrected chi connectivity index (χ0v) is 24.1. The minimum Gasteiger partial charge on any atom is -0.399 e. The Kier molecular flexibility index (Phi) is 10.5. The monoisotopic (exact) mass is 576 g/mol. The van der Waals surface area contributed by atoms with E-state index in [2.05, 4.69) is 22.9 Å². The average molecular weight is 577 g/mol. The molecule has 0 spiro atoms. The van der Waals surface area contributed by atoms with Crippen molar-refractivity contribution in [1.29, 1.82) is 0 Å². The Morgan fingerprint density at radius 2 is 1.62 bits per heavy atom. The summed E-state index contributed by atoms with van der Waals surface area (Å²) in [5, 5.41) is 9.39. The first kappa shape index (κ1) is 30.9. The van der Waals surface area contributed by atoms with Gasteiger partial charge in [0.25, 0.3) is 5.91 Å². The van der Waals surface area contributed by atoms with E-state index in [0.717, 1.165) is 48.2 Å². The van der Waals surface area contributed by atoms with Gasteiger partial charge in [-0.1, -0.05) is 62.7 Å². The Hall–Kier alpha value is -4.04. The zero-order valence-electron chi connectivity index (χ0n) is 24.1. The van der Waals surface area contributed by atoms with Crippen LogP contribution in [0.1, 0.15) is 62.3 Å². The number of nitrogens with two attached hydrogens (primary N) is 1. The van der Waals surface area contributed by atoms with Crippen molar-refractivity contribution in [3.63, 3.8) is 0 Å². The number of alkyl halides is 3. The lowest BCUT2D eigenvalue weighted by molar-refractivity contribution is -0.112. The fraction of sp³-hybridized carbons (Fsp3) is 0.324. The van der Waals surface area contributed by atoms with Crippen LogP contribution in [0.5, 0.6) is 0 Å². The number of carbonyl (C=O) groups is 1. The van der Waals surface area contributed by atoms with Gasteiger partial charge in [0, 0.05) is 17.1 Å². The number of rotatable bonds is 13. The molecule has 0 saturated heterocycles. The van der Waals surface area contributed by atoms with Crippen LogP contribution in [-0.4, -0.2) is 18.6 Å². The second-order valence-corrected chi connectivity index (χ2v) is 10.7. The molecule has 0 bridgehead atoms. The van der Waals surface area contributed by atoms with Crippen LogP contribution in [0.4, 0.5) is 30.2 Å². The third kappa shape index (κ3) is 8.98. The summed E-state index contributed by atoms with van der Waals surface area (Å²) in [4.78, 5) is 13.5. The second-order valence-electron chi connectivity index (χ2n) is 10.7. The second kappa shape index (κ2) is 14.2. The summed E-state index contributed by atoms with van der Waals surface area (Å²) >= 11 is 0. The fourth-order valence-corrected chi connectivity index (χ4v) is 4.81. The Balaban J connectivity index is 1.64. The van der Waals surface area contributed by atoms with Crippen LogP contribution in [0, 0.1) is 5.92 Å². The van der Waals surface area contributed by atoms with Crippen LogP contribution in [0.3, 0.4) is 0 Å². The summed E-state index contributed by atoms with van der Waals surface area (Å²) in [7, 11) is 0. The van der Waals surface area contributed by atoms with E-state index in [1.807, 2.05) is 60.7 Å². The molecule has 42 heavy (non-hydrogen) atoms. The number of hydrogen-bond acceptors (Lipinski definition) is 4. The summed E-state index contributed by atoms with van der Waals surface area (Å²) in [6, 6.07) is 22.2. The van der Waals surface area contributed by atoms with Crippen molar-refractivity contribution >= 4 is 23.0 Å². The molecule has 3 aromatic carbocycles. The van der Waals surface area contributed by atoms with E-state index in [4.69, 9.17) is 5.73 Å². The number of nitrogens with one attached hydrogen (secondary N) is 3. The molecule has 0 heterocycles. The highest BCUT2D eigenvalue weighted by molar-refractivity contribution is 6.06. The molecule has 1 aliphatic rings. The van der Waals surface area contributed by atoms with E-state index in [9.17, 15) is 18.0 Å². The van der Waals surface area contributed by atoms with Gasteiger partial charge in [-0.3, -0.25) is 4.79 Å². The van der Waals surface area contributed by atoms with Crippen LogP contribution in [0.25, 0.3) is 0 Å². The van der Waals surface area contributed by atoms with Crippen molar-refractivity contribution in [3.8, 4) is 0 Å². The van der Waals surface area contributed by atoms with Gasteiger partial charge in [0.05, 0.1) is 11.6 Å². The number of aryl methyl sites for hydroxylation is 1. The molecular weight excluding hydrogens is 537 g/mol. The predicted octanol–water partition coefficient (Wildman–Crippen LogP) is 8.14. The van der Waals surface area contributed by atoms with Gasteiger partial charge < -0.3 is 21.7 Å². The molecule has 0 aromatic heterocycles. The van der Waals surface area contributed by atoms with E-state index in [0.29, 0.717) is 23.0 Å². The molecule has 1 saturated carbocycles. The van der Waals surface area contributed by atoms with E-state index in [1.165, 1.54) is 12.8 Å². The van der Waals surface area contributed by atoms with Gasteiger partial charge in [0.15, 0.2) is 0 Å². The molecule has 1 amide bonds. The number of allylic oxidation sites excluding steroid dienone is 3. The molecule has 1 unspecified atom stereocenters. The summed E-state index contributed by atoms with van der Waals surface area (Å²) in [5.74, 6) is -0.0317. The maximum absolute atomic E-state index is 13.8. The molecule has 0 radical (unpaired) electrons. The highest BCUT2D eigenvalue weighted by Crippen LogP contribution is 2.32. The Morgan fingerprint density at radius 3 is 2.26 bits per heavy atom. The highest BCUT2D eigenvalue weighted by Gasteiger charge is 2.33. The van der Waals surface area contributed by atoms with E-state index >= 15 is 0 Å². The van der Waals surface area contributed by atoms with E-state index in [-0.39, 0.29) is 18.2 Å². The van der Waals surface area contributed by atoms with Gasteiger partial charge in [0.2, 0.25) is 0 Å². The molecule has 8 heteroatoms. The van der Waals surface area contributed by atoms with Crippen LogP contribution >= 0.6 is 0 Å². The quantitative estimate of drug-likeness (QED) is 0.0941. The van der Waals surface area contributed by atoms with E-state index < -0.39 is 17.7 Å². The highest BCUT2D eigenvalue weighted by atomic mass is 19.4. The van der Waals surface area contributed by atoms with Crippen molar-refractivity contribution in [2.75, 3.05) is 22.9 Å². The lowest BCUT2D eigenvalue weighted by atomic mass is 9.97. The lowest BCUT2D eigenvalue weighted by Gasteiger charge is -2.21. The predicted molar refractivity (Wildman–Crippen MR) is 165 cm³/mol. The first-order valence-electron chi connectivity index (χ1n) is 14.5. The molecule has 4 rings (SSSR count). The molecule has 1 aliphatic carbocycles. The standard InChI is InChI=1S/C34H39F3N4O/c1-3-8-23-10-5-14-29(18-23)40-31(21-27(9-4-2)34(35,36)37)33(42)41-30-15-7-12-26(20-30)32(39-22-24-16-17-24)25-11-6-13-28(38)19-25/h5-7,9-15,18-21,24,32,39-40H,3-4,8,16-17,22,38H2,1-2H3,(H,41,42)/b27-9-,31-21-. The third-order valence-corrected chi connectivity index (χ3v) is 7.07. The topological polar surface area (TPSA) is 79.2 Å². The number of nitrogen functional groups attached to an aromatic ring is 1. The molecule has 5 N–H and O–H groups in total. The smallest absolute Gasteiger partial charge is 0.399 e. The maximum Gasteiger partial charge on any atom is 0.416 e. The number of anilines is 3. The Morgan fingerprint density at radius 1 is 0.952 bits per heavy atom. The van der Waals surface area contributed by atoms with Crippen molar-refractivity contribution in [2.45, 2.75) is 58.2 Å². The van der Waals surface area contributed by atoms with Crippen LogP contribution in [0.2, 0.25) is 0 Å². The number of amides is 1. The lowest BCUT2D eigenvalue weighted by Crippen LogP contribution is -2.25. The van der Waals surface area contributed by atoms with Crippen molar-refractivity contribution in [2.24, 2.45) is 5.92 Å². The molecule has 0 aliphatic heterocycles. The molecule has 1 fully saturated rings. The maximum atomic E-state index is 13.8. The SMILES string of the molecule is CC/C=C(/C=C(\Nc1cccc(CCC)c1)C(=O)Nc1cccc(C(NCC2CC2)c2cccc(N)c2)c1)C(F)(F)F. The van der Waals surface area contributed by atoms with E-state index in [1.54, 1.807) is 19.1 Å². The van der Waals surface area contributed by atoms with Crippen LogP contribution in [-0.2, 0) is 11.2 Å². The molecule has 222 valence electrons. The number of carbonyl (C=O) groups excluding carboxylic acids is 1. The first-order valence-corrected chi connectivity index (χ1v) is 14.5. The van der Waals surface area contributed by atoms with Crippen LogP contribution < -0.4 is 21.7 Å². The normalized spacial score (nSPS) is 14.9. The summed E-state index contributed by atoms with van der Waals surface area (Å²) in [6.45, 7) is 4.53. The van der Waals surface area contributed by atoms with Gasteiger partial charge in [-0.2, -0.15) is 13.2 Å². The zero-order chi connectivity index (χ0) is 30.1. The molecular formula is C34H39F3N4O. The third-order valence-electron chi connectivity index (χ3n) is 7.07. The van der Waals surface area contributed by atoms with Gasteiger partial charge in [-0.05, 0) is 97.3 Å². The summed E-state index contributed by atoms with van der Waals surface area (Å²) in [6.07, 6.45) is 1.66. The fourth-order valence-electron chi connectivity index (χ4n) is 4.81. The van der Waals surface area contributed by atoms with Crippen molar-refractivity contribution in [3.05, 3.63) is 113 Å². The van der Waals surface area contributed by atoms with Gasteiger partial charge >= 0.3 is 6.18 Å². The van der Waals surface area contributed by atoms with Crippen molar-refractivity contribution in [1.82, 2.24) is 5.32 Å². The summed E-state index contributed by atoms with van der Waals surface area (Å²) in [5.41, 5.74) is 9.58. The Labute approximate surface area is 246 Å². The number of hydrogen-bond donors (Lipinski definition) is 4. The van der Waals surface area contributed by atoms with Crippen LogP contribution in [0.15, 0.2) is 96.2 Å². The largest absolute Gasteiger partial charge is 0.416 e. The molecule has 3 aromatic rings. The minimum absolute atomic E-state index is 0.162. The van der Waals surface area contributed by atoms with Gasteiger partial charge in [0.1, 0.15) is 5.70 Å². The number of halogens is 3. The summed E-state index contributed by atoms with van der Waals surface area (Å²) < 4.78 is 41.5. The number of benzene rings is 3. The minimum atomic E-state index is -4.61. The molecule has 1 atom stereocenters. The first-order chi connectivity index (χ1) is 20.2. The molecule has 5 nitrogen and oxygen atoms in total.